The normalized spacial score (nSPS) is 19.2. The number of nitrogens with zero attached hydrogens (tertiary/aromatic N) is 3. The number of hydrogen-bond donors (Lipinski definition) is 1. The monoisotopic (exact) mass is 494 g/mol. The van der Waals surface area contributed by atoms with Crippen molar-refractivity contribution in [3.05, 3.63) is 63.5 Å². The second-order valence-corrected chi connectivity index (χ2v) is 10.9. The maximum atomic E-state index is 14.7. The Labute approximate surface area is 195 Å². The number of pyridine rings is 1. The summed E-state index contributed by atoms with van der Waals surface area (Å²) in [6, 6.07) is 4.81. The molecule has 4 rings (SSSR count). The second kappa shape index (κ2) is 9.36. The maximum absolute atomic E-state index is 14.7. The van der Waals surface area contributed by atoms with Crippen LogP contribution in [0.1, 0.15) is 61.3 Å². The van der Waals surface area contributed by atoms with E-state index in [4.69, 9.17) is 0 Å². The van der Waals surface area contributed by atoms with E-state index in [2.05, 4.69) is 15.3 Å². The Balaban J connectivity index is 1.75. The zero-order chi connectivity index (χ0) is 24.6. The molecule has 34 heavy (non-hydrogen) atoms. The van der Waals surface area contributed by atoms with E-state index in [0.29, 0.717) is 41.7 Å². The van der Waals surface area contributed by atoms with Gasteiger partial charge in [-0.15, -0.1) is 0 Å². The third kappa shape index (κ3) is 4.66. The Morgan fingerprint density at radius 3 is 2.62 bits per heavy atom. The van der Waals surface area contributed by atoms with E-state index in [1.54, 1.807) is 20.0 Å². The van der Waals surface area contributed by atoms with Gasteiger partial charge in [0, 0.05) is 18.2 Å². The number of fused-ring (bicyclic) bond motifs is 1. The highest BCUT2D eigenvalue weighted by Crippen LogP contribution is 2.32. The smallest absolute Gasteiger partial charge is 0.266 e. The Morgan fingerprint density at radius 1 is 1.15 bits per heavy atom. The Kier molecular flexibility index (Phi) is 6.66. The summed E-state index contributed by atoms with van der Waals surface area (Å²) in [7, 11) is -1.55. The molecule has 7 nitrogen and oxygen atoms in total. The summed E-state index contributed by atoms with van der Waals surface area (Å²) in [5, 5.41) is 3.57. The molecule has 0 amide bonds. The minimum absolute atomic E-state index is 0.0199. The molecule has 1 unspecified atom stereocenters. The number of benzene rings is 1. The van der Waals surface area contributed by atoms with Crippen molar-refractivity contribution in [3.63, 3.8) is 0 Å². The summed E-state index contributed by atoms with van der Waals surface area (Å²) < 4.78 is 66.4. The van der Waals surface area contributed by atoms with Crippen LogP contribution in [0.15, 0.2) is 35.4 Å². The number of sulfone groups is 1. The van der Waals surface area contributed by atoms with Crippen molar-refractivity contribution in [2.75, 3.05) is 16.8 Å². The van der Waals surface area contributed by atoms with Crippen molar-refractivity contribution in [1.29, 1.82) is 0 Å². The molecule has 0 spiro atoms. The molecule has 0 radical (unpaired) electrons. The summed E-state index contributed by atoms with van der Waals surface area (Å²) in [4.78, 5) is 21.5. The molecule has 1 fully saturated rings. The third-order valence-electron chi connectivity index (χ3n) is 6.37. The van der Waals surface area contributed by atoms with E-state index in [1.165, 1.54) is 23.0 Å². The topological polar surface area (TPSA) is 94.0 Å². The molecule has 0 saturated carbocycles. The molecule has 3 aromatic rings. The standard InChI is InChI=1S/C23H25F3N4O3S/c1-13(15-6-3-7-16(19(15)24)20(25)26)29-21-18-11-17(14-5-4-9-34(32,33)10-8-14)23(31)30(2)22(18)28-12-27-21/h3,6-7,11-14,20H,4-5,8-10H2,1-2H3,(H,27,28,29)/t13-,14?/m1/s1. The minimum atomic E-state index is -3.13. The van der Waals surface area contributed by atoms with Crippen molar-refractivity contribution in [2.45, 2.75) is 44.6 Å². The molecule has 1 aliphatic rings. The van der Waals surface area contributed by atoms with Gasteiger partial charge in [0.25, 0.3) is 12.0 Å². The van der Waals surface area contributed by atoms with Crippen molar-refractivity contribution < 1.29 is 21.6 Å². The van der Waals surface area contributed by atoms with Gasteiger partial charge in [0.05, 0.1) is 28.5 Å². The zero-order valence-corrected chi connectivity index (χ0v) is 19.6. The van der Waals surface area contributed by atoms with Gasteiger partial charge in [-0.25, -0.2) is 31.6 Å². The molecule has 2 atom stereocenters. The maximum Gasteiger partial charge on any atom is 0.266 e. The van der Waals surface area contributed by atoms with Crippen LogP contribution in [-0.2, 0) is 16.9 Å². The van der Waals surface area contributed by atoms with E-state index in [-0.39, 0.29) is 28.5 Å². The van der Waals surface area contributed by atoms with E-state index in [1.807, 2.05) is 0 Å². The van der Waals surface area contributed by atoms with Gasteiger partial charge in [-0.3, -0.25) is 9.36 Å². The van der Waals surface area contributed by atoms with Crippen LogP contribution in [0.5, 0.6) is 0 Å². The Morgan fingerprint density at radius 2 is 1.88 bits per heavy atom. The first-order valence-electron chi connectivity index (χ1n) is 11.0. The van der Waals surface area contributed by atoms with Crippen molar-refractivity contribution in [3.8, 4) is 0 Å². The number of anilines is 1. The minimum Gasteiger partial charge on any atom is -0.363 e. The molecule has 0 bridgehead atoms. The largest absolute Gasteiger partial charge is 0.363 e. The lowest BCUT2D eigenvalue weighted by atomic mass is 9.92. The average molecular weight is 495 g/mol. The molecule has 3 heterocycles. The number of rotatable bonds is 5. The number of nitrogens with one attached hydrogen (secondary N) is 1. The lowest BCUT2D eigenvalue weighted by Crippen LogP contribution is -2.25. The molecule has 182 valence electrons. The second-order valence-electron chi connectivity index (χ2n) is 8.62. The van der Waals surface area contributed by atoms with E-state index >= 15 is 0 Å². The molecule has 1 aromatic carbocycles. The number of halogens is 3. The van der Waals surface area contributed by atoms with E-state index < -0.39 is 33.7 Å². The van der Waals surface area contributed by atoms with Gasteiger partial charge in [0.2, 0.25) is 0 Å². The first-order valence-corrected chi connectivity index (χ1v) is 12.8. The van der Waals surface area contributed by atoms with Gasteiger partial charge in [-0.2, -0.15) is 0 Å². The SMILES string of the molecule is C[C@@H](Nc1ncnc2c1cc(C1CCCS(=O)(=O)CC1)c(=O)n2C)c1cccc(C(F)F)c1F. The first-order chi connectivity index (χ1) is 16.1. The highest BCUT2D eigenvalue weighted by Gasteiger charge is 2.26. The van der Waals surface area contributed by atoms with Crippen LogP contribution in [-0.4, -0.2) is 34.5 Å². The molecule has 0 aliphatic carbocycles. The summed E-state index contributed by atoms with van der Waals surface area (Å²) >= 11 is 0. The number of aryl methyl sites for hydroxylation is 1. The quantitative estimate of drug-likeness (QED) is 0.570. The molecule has 1 saturated heterocycles. The summed E-state index contributed by atoms with van der Waals surface area (Å²) in [6.07, 6.45) is -0.283. The fourth-order valence-electron chi connectivity index (χ4n) is 4.48. The molecular weight excluding hydrogens is 469 g/mol. The lowest BCUT2D eigenvalue weighted by Gasteiger charge is -2.20. The molecule has 11 heteroatoms. The lowest BCUT2D eigenvalue weighted by molar-refractivity contribution is 0.146. The Hall–Kier alpha value is -2.95. The van der Waals surface area contributed by atoms with Crippen LogP contribution in [0.2, 0.25) is 0 Å². The van der Waals surface area contributed by atoms with Gasteiger partial charge in [0.1, 0.15) is 33.4 Å². The predicted molar refractivity (Wildman–Crippen MR) is 123 cm³/mol. The molecular formula is C23H25F3N4O3S. The number of hydrogen-bond acceptors (Lipinski definition) is 6. The fraction of sp³-hybridized carbons (Fsp3) is 0.435. The molecule has 2 aromatic heterocycles. The van der Waals surface area contributed by atoms with Crippen LogP contribution in [0.25, 0.3) is 11.0 Å². The van der Waals surface area contributed by atoms with Crippen LogP contribution in [0.3, 0.4) is 0 Å². The van der Waals surface area contributed by atoms with Gasteiger partial charge >= 0.3 is 0 Å². The van der Waals surface area contributed by atoms with E-state index in [9.17, 15) is 26.4 Å². The predicted octanol–water partition coefficient (Wildman–Crippen LogP) is 4.26. The van der Waals surface area contributed by atoms with Gasteiger partial charge in [-0.05, 0) is 38.2 Å². The van der Waals surface area contributed by atoms with Gasteiger partial charge in [0.15, 0.2) is 0 Å². The van der Waals surface area contributed by atoms with Crippen LogP contribution >= 0.6 is 0 Å². The van der Waals surface area contributed by atoms with Crippen molar-refractivity contribution in [2.24, 2.45) is 7.05 Å². The third-order valence-corrected chi connectivity index (χ3v) is 8.14. The van der Waals surface area contributed by atoms with Gasteiger partial charge in [-0.1, -0.05) is 18.2 Å². The number of aromatic nitrogens is 3. The van der Waals surface area contributed by atoms with Crippen LogP contribution in [0.4, 0.5) is 19.0 Å². The molecule has 1 N–H and O–H groups in total. The zero-order valence-electron chi connectivity index (χ0n) is 18.8. The van der Waals surface area contributed by atoms with E-state index in [0.717, 1.165) is 6.07 Å². The fourth-order valence-corrected chi connectivity index (χ4v) is 5.94. The van der Waals surface area contributed by atoms with Crippen LogP contribution < -0.4 is 10.9 Å². The number of alkyl halides is 2. The highest BCUT2D eigenvalue weighted by atomic mass is 32.2. The van der Waals surface area contributed by atoms with Crippen molar-refractivity contribution in [1.82, 2.24) is 14.5 Å². The van der Waals surface area contributed by atoms with Gasteiger partial charge < -0.3 is 5.32 Å². The Bertz CT molecular complexity index is 1390. The summed E-state index contributed by atoms with van der Waals surface area (Å²) in [5.41, 5.74) is -0.0505. The van der Waals surface area contributed by atoms with Crippen molar-refractivity contribution >= 4 is 26.7 Å². The molecule has 1 aliphatic heterocycles. The summed E-state index contributed by atoms with van der Waals surface area (Å²) in [5.74, 6) is -0.771. The average Bonchev–Trinajstić information content (AvgIpc) is 2.96. The summed E-state index contributed by atoms with van der Waals surface area (Å²) in [6.45, 7) is 1.63. The van der Waals surface area contributed by atoms with Crippen LogP contribution in [0, 0.1) is 5.82 Å². The first kappa shape index (κ1) is 24.2. The highest BCUT2D eigenvalue weighted by molar-refractivity contribution is 7.91.